The van der Waals surface area contributed by atoms with Crippen molar-refractivity contribution in [3.8, 4) is 0 Å². The summed E-state index contributed by atoms with van der Waals surface area (Å²) < 4.78 is 4.88. The van der Waals surface area contributed by atoms with Gasteiger partial charge in [0.15, 0.2) is 5.82 Å². The second-order valence-electron chi connectivity index (χ2n) is 3.71. The average Bonchev–Trinajstić information content (AvgIpc) is 2.76. The Morgan fingerprint density at radius 3 is 3.00 bits per heavy atom. The molecule has 0 aliphatic rings. The average molecular weight is 246 g/mol. The van der Waals surface area contributed by atoms with Crippen molar-refractivity contribution in [1.82, 2.24) is 10.1 Å². The predicted molar refractivity (Wildman–Crippen MR) is 67.6 cm³/mol. The maximum Gasteiger partial charge on any atom is 0.260 e. The highest BCUT2D eigenvalue weighted by Gasteiger charge is 2.13. The molecule has 2 N–H and O–H groups in total. The molecule has 0 spiro atoms. The molecule has 0 saturated heterocycles. The SMILES string of the molecule is CCNc1ncccc1C(=O)Nc1cc(C)on1. The number of rotatable bonds is 4. The van der Waals surface area contributed by atoms with Gasteiger partial charge in [0.25, 0.3) is 5.91 Å². The zero-order chi connectivity index (χ0) is 13.0. The molecule has 2 rings (SSSR count). The summed E-state index contributed by atoms with van der Waals surface area (Å²) in [5.74, 6) is 1.32. The van der Waals surface area contributed by atoms with Crippen LogP contribution in [-0.4, -0.2) is 22.6 Å². The molecule has 0 bridgehead atoms. The lowest BCUT2D eigenvalue weighted by atomic mass is 10.2. The van der Waals surface area contributed by atoms with Gasteiger partial charge in [-0.2, -0.15) is 0 Å². The molecule has 6 heteroatoms. The fourth-order valence-corrected chi connectivity index (χ4v) is 1.51. The summed E-state index contributed by atoms with van der Waals surface area (Å²) in [7, 11) is 0. The Morgan fingerprint density at radius 1 is 1.50 bits per heavy atom. The van der Waals surface area contributed by atoms with Gasteiger partial charge in [-0.05, 0) is 26.0 Å². The quantitative estimate of drug-likeness (QED) is 0.863. The number of pyridine rings is 1. The van der Waals surface area contributed by atoms with Gasteiger partial charge in [-0.1, -0.05) is 5.16 Å². The van der Waals surface area contributed by atoms with Gasteiger partial charge in [0.1, 0.15) is 11.6 Å². The third-order valence-corrected chi connectivity index (χ3v) is 2.27. The number of carbonyl (C=O) groups excluding carboxylic acids is 1. The Morgan fingerprint density at radius 2 is 2.33 bits per heavy atom. The third kappa shape index (κ3) is 2.65. The van der Waals surface area contributed by atoms with E-state index in [4.69, 9.17) is 4.52 Å². The number of nitrogens with zero attached hydrogens (tertiary/aromatic N) is 2. The standard InChI is InChI=1S/C12H14N4O2/c1-3-13-11-9(5-4-6-14-11)12(17)15-10-7-8(2)18-16-10/h4-7H,3H2,1-2H3,(H,13,14)(H,15,16,17). The van der Waals surface area contributed by atoms with E-state index in [1.165, 1.54) is 0 Å². The summed E-state index contributed by atoms with van der Waals surface area (Å²) in [4.78, 5) is 16.2. The molecule has 0 aliphatic carbocycles. The van der Waals surface area contributed by atoms with E-state index in [-0.39, 0.29) is 5.91 Å². The monoisotopic (exact) mass is 246 g/mol. The molecule has 1 amide bonds. The van der Waals surface area contributed by atoms with Gasteiger partial charge in [-0.15, -0.1) is 0 Å². The minimum absolute atomic E-state index is 0.271. The second-order valence-corrected chi connectivity index (χ2v) is 3.71. The van der Waals surface area contributed by atoms with E-state index in [1.807, 2.05) is 6.92 Å². The lowest BCUT2D eigenvalue weighted by Gasteiger charge is -2.08. The van der Waals surface area contributed by atoms with Crippen LogP contribution in [-0.2, 0) is 0 Å². The van der Waals surface area contributed by atoms with E-state index in [2.05, 4.69) is 20.8 Å². The van der Waals surface area contributed by atoms with Crippen LogP contribution in [0.5, 0.6) is 0 Å². The normalized spacial score (nSPS) is 10.1. The molecule has 94 valence electrons. The summed E-state index contributed by atoms with van der Waals surface area (Å²) in [6, 6.07) is 5.07. The number of aryl methyl sites for hydroxylation is 1. The van der Waals surface area contributed by atoms with Crippen molar-refractivity contribution in [3.63, 3.8) is 0 Å². The molecule has 0 aliphatic heterocycles. The van der Waals surface area contributed by atoms with Gasteiger partial charge in [-0.3, -0.25) is 4.79 Å². The number of hydrogen-bond donors (Lipinski definition) is 2. The van der Waals surface area contributed by atoms with E-state index in [9.17, 15) is 4.79 Å². The Hall–Kier alpha value is -2.37. The number of anilines is 2. The van der Waals surface area contributed by atoms with E-state index < -0.39 is 0 Å². The first-order valence-corrected chi connectivity index (χ1v) is 5.64. The molecule has 0 saturated carbocycles. The van der Waals surface area contributed by atoms with Crippen LogP contribution in [0, 0.1) is 6.92 Å². The second kappa shape index (κ2) is 5.31. The first kappa shape index (κ1) is 12.1. The fraction of sp³-hybridized carbons (Fsp3) is 0.250. The third-order valence-electron chi connectivity index (χ3n) is 2.27. The number of hydrogen-bond acceptors (Lipinski definition) is 5. The largest absolute Gasteiger partial charge is 0.370 e. The van der Waals surface area contributed by atoms with Crippen molar-refractivity contribution >= 4 is 17.5 Å². The molecule has 0 aromatic carbocycles. The highest BCUT2D eigenvalue weighted by Crippen LogP contribution is 2.14. The van der Waals surface area contributed by atoms with Crippen molar-refractivity contribution in [2.24, 2.45) is 0 Å². The van der Waals surface area contributed by atoms with Crippen LogP contribution in [0.2, 0.25) is 0 Å². The molecule has 2 heterocycles. The van der Waals surface area contributed by atoms with Crippen LogP contribution in [0.15, 0.2) is 28.9 Å². The summed E-state index contributed by atoms with van der Waals surface area (Å²) >= 11 is 0. The maximum atomic E-state index is 12.0. The van der Waals surface area contributed by atoms with Crippen LogP contribution in [0.25, 0.3) is 0 Å². The molecule has 0 atom stereocenters. The van der Waals surface area contributed by atoms with Crippen LogP contribution in [0.3, 0.4) is 0 Å². The Labute approximate surface area is 104 Å². The Bertz CT molecular complexity index is 551. The highest BCUT2D eigenvalue weighted by molar-refractivity contribution is 6.06. The van der Waals surface area contributed by atoms with Gasteiger partial charge in [0.2, 0.25) is 0 Å². The summed E-state index contributed by atoms with van der Waals surface area (Å²) in [6.45, 7) is 4.40. The fourth-order valence-electron chi connectivity index (χ4n) is 1.51. The van der Waals surface area contributed by atoms with Crippen molar-refractivity contribution in [1.29, 1.82) is 0 Å². The van der Waals surface area contributed by atoms with Gasteiger partial charge in [0, 0.05) is 18.8 Å². The molecule has 0 radical (unpaired) electrons. The molecule has 2 aromatic heterocycles. The topological polar surface area (TPSA) is 80.0 Å². The first-order valence-electron chi connectivity index (χ1n) is 5.64. The van der Waals surface area contributed by atoms with E-state index in [0.717, 1.165) is 0 Å². The first-order chi connectivity index (χ1) is 8.70. The van der Waals surface area contributed by atoms with Crippen molar-refractivity contribution in [2.75, 3.05) is 17.2 Å². The molecule has 0 unspecified atom stereocenters. The van der Waals surface area contributed by atoms with E-state index in [1.54, 1.807) is 31.3 Å². The maximum absolute atomic E-state index is 12.0. The van der Waals surface area contributed by atoms with Crippen molar-refractivity contribution in [2.45, 2.75) is 13.8 Å². The molecular weight excluding hydrogens is 232 g/mol. The Kier molecular flexibility index (Phi) is 3.57. The smallest absolute Gasteiger partial charge is 0.260 e. The van der Waals surface area contributed by atoms with E-state index >= 15 is 0 Å². The summed E-state index contributed by atoms with van der Waals surface area (Å²) in [5.41, 5.74) is 0.472. The lowest BCUT2D eigenvalue weighted by Crippen LogP contribution is -2.15. The molecule has 6 nitrogen and oxygen atoms in total. The van der Waals surface area contributed by atoms with E-state index in [0.29, 0.717) is 29.5 Å². The van der Waals surface area contributed by atoms with Gasteiger partial charge < -0.3 is 15.2 Å². The number of carbonyl (C=O) groups is 1. The predicted octanol–water partition coefficient (Wildman–Crippen LogP) is 2.06. The summed E-state index contributed by atoms with van der Waals surface area (Å²) in [5, 5.41) is 9.40. The van der Waals surface area contributed by atoms with Crippen LogP contribution < -0.4 is 10.6 Å². The van der Waals surface area contributed by atoms with Crippen molar-refractivity contribution < 1.29 is 9.32 Å². The van der Waals surface area contributed by atoms with Crippen molar-refractivity contribution in [3.05, 3.63) is 35.7 Å². The minimum atomic E-state index is -0.271. The number of aromatic nitrogens is 2. The number of nitrogens with one attached hydrogen (secondary N) is 2. The minimum Gasteiger partial charge on any atom is -0.370 e. The van der Waals surface area contributed by atoms with Gasteiger partial charge in [0.05, 0.1) is 5.56 Å². The highest BCUT2D eigenvalue weighted by atomic mass is 16.5. The Balaban J connectivity index is 2.18. The molecular formula is C12H14N4O2. The summed E-state index contributed by atoms with van der Waals surface area (Å²) in [6.07, 6.45) is 1.63. The van der Waals surface area contributed by atoms with Crippen LogP contribution in [0.1, 0.15) is 23.0 Å². The van der Waals surface area contributed by atoms with Gasteiger partial charge >= 0.3 is 0 Å². The zero-order valence-electron chi connectivity index (χ0n) is 10.2. The van der Waals surface area contributed by atoms with Gasteiger partial charge in [-0.25, -0.2) is 4.98 Å². The van der Waals surface area contributed by atoms with Crippen LogP contribution in [0.4, 0.5) is 11.6 Å². The zero-order valence-corrected chi connectivity index (χ0v) is 10.2. The lowest BCUT2D eigenvalue weighted by molar-refractivity contribution is 0.102. The molecule has 0 fully saturated rings. The van der Waals surface area contributed by atoms with Crippen LogP contribution >= 0.6 is 0 Å². The molecule has 2 aromatic rings. The number of amides is 1. The molecule has 18 heavy (non-hydrogen) atoms.